The Labute approximate surface area is 142 Å². The van der Waals surface area contributed by atoms with E-state index >= 15 is 0 Å². The van der Waals surface area contributed by atoms with Gasteiger partial charge in [-0.2, -0.15) is 0 Å². The zero-order valence-electron chi connectivity index (χ0n) is 13.7. The molecular weight excluding hydrogens is 296 g/mol. The molecule has 0 saturated heterocycles. The minimum atomic E-state index is 0.181. The van der Waals surface area contributed by atoms with E-state index in [0.717, 1.165) is 13.0 Å². The summed E-state index contributed by atoms with van der Waals surface area (Å²) < 4.78 is 0. The van der Waals surface area contributed by atoms with Gasteiger partial charge in [-0.1, -0.05) is 54.6 Å². The van der Waals surface area contributed by atoms with Crippen molar-refractivity contribution in [2.45, 2.75) is 12.5 Å². The number of nitrogens with one attached hydrogen (secondary N) is 1. The van der Waals surface area contributed by atoms with Gasteiger partial charge in [0, 0.05) is 30.2 Å². The highest BCUT2D eigenvalue weighted by Gasteiger charge is 2.23. The molecule has 0 aliphatic heterocycles. The fourth-order valence-electron chi connectivity index (χ4n) is 3.67. The van der Waals surface area contributed by atoms with Crippen LogP contribution in [0.2, 0.25) is 0 Å². The third-order valence-corrected chi connectivity index (χ3v) is 4.90. The summed E-state index contributed by atoms with van der Waals surface area (Å²) in [4.78, 5) is 5.71. The summed E-state index contributed by atoms with van der Waals surface area (Å²) in [7, 11) is 0. The fourth-order valence-corrected chi connectivity index (χ4v) is 3.67. The van der Waals surface area contributed by atoms with E-state index in [-0.39, 0.29) is 12.6 Å². The summed E-state index contributed by atoms with van der Waals surface area (Å²) >= 11 is 0. The highest BCUT2D eigenvalue weighted by atomic mass is 16.3. The quantitative estimate of drug-likeness (QED) is 0.726. The standard InChI is InChI=1S/C21H22N2O/c24-14-13-23(21-10-9-16-5-1-2-7-19(16)21)12-11-17-15-22-20-8-4-3-6-18(17)20/h1-10,15,21-22,24H,11-14H2. The number of aromatic amines is 1. The number of rotatable bonds is 6. The van der Waals surface area contributed by atoms with Crippen molar-refractivity contribution in [3.8, 4) is 0 Å². The molecule has 1 unspecified atom stereocenters. The number of fused-ring (bicyclic) bond motifs is 2. The Bertz CT molecular complexity index is 865. The molecule has 122 valence electrons. The molecule has 0 saturated carbocycles. The van der Waals surface area contributed by atoms with Crippen LogP contribution in [0.1, 0.15) is 22.7 Å². The molecule has 4 rings (SSSR count). The van der Waals surface area contributed by atoms with Gasteiger partial charge in [0.2, 0.25) is 0 Å². The topological polar surface area (TPSA) is 39.3 Å². The molecule has 2 aromatic carbocycles. The number of benzene rings is 2. The lowest BCUT2D eigenvalue weighted by Gasteiger charge is -2.28. The van der Waals surface area contributed by atoms with Crippen LogP contribution in [-0.4, -0.2) is 34.7 Å². The van der Waals surface area contributed by atoms with Gasteiger partial charge < -0.3 is 10.1 Å². The maximum absolute atomic E-state index is 9.50. The van der Waals surface area contributed by atoms with E-state index < -0.39 is 0 Å². The molecule has 1 aliphatic carbocycles. The SMILES string of the molecule is OCCN(CCc1c[nH]c2ccccc12)C1C=Cc2ccccc21. The van der Waals surface area contributed by atoms with Crippen LogP contribution in [0.5, 0.6) is 0 Å². The van der Waals surface area contributed by atoms with Crippen LogP contribution in [0.15, 0.2) is 60.8 Å². The second-order valence-corrected chi connectivity index (χ2v) is 6.30. The molecule has 0 bridgehead atoms. The summed E-state index contributed by atoms with van der Waals surface area (Å²) in [5.41, 5.74) is 5.15. The molecule has 3 aromatic rings. The summed E-state index contributed by atoms with van der Waals surface area (Å²) in [6, 6.07) is 17.2. The van der Waals surface area contributed by atoms with Crippen LogP contribution in [-0.2, 0) is 6.42 Å². The van der Waals surface area contributed by atoms with Gasteiger partial charge in [0.15, 0.2) is 0 Å². The third-order valence-electron chi connectivity index (χ3n) is 4.90. The van der Waals surface area contributed by atoms with E-state index in [0.29, 0.717) is 6.54 Å². The number of para-hydroxylation sites is 1. The summed E-state index contributed by atoms with van der Waals surface area (Å²) in [5, 5.41) is 10.8. The highest BCUT2D eigenvalue weighted by Crippen LogP contribution is 2.32. The first-order valence-electron chi connectivity index (χ1n) is 8.54. The van der Waals surface area contributed by atoms with Crippen molar-refractivity contribution in [3.05, 3.63) is 77.5 Å². The van der Waals surface area contributed by atoms with Crippen molar-refractivity contribution < 1.29 is 5.11 Å². The maximum Gasteiger partial charge on any atom is 0.0558 e. The first kappa shape index (κ1) is 15.2. The molecule has 0 spiro atoms. The van der Waals surface area contributed by atoms with E-state index in [2.05, 4.69) is 76.8 Å². The van der Waals surface area contributed by atoms with Crippen molar-refractivity contribution in [2.24, 2.45) is 0 Å². The summed E-state index contributed by atoms with van der Waals surface area (Å²) in [6.45, 7) is 1.79. The molecule has 1 aliphatic rings. The summed E-state index contributed by atoms with van der Waals surface area (Å²) in [6.07, 6.45) is 7.52. The first-order chi connectivity index (χ1) is 11.9. The summed E-state index contributed by atoms with van der Waals surface area (Å²) in [5.74, 6) is 0. The monoisotopic (exact) mass is 318 g/mol. The molecule has 0 fully saturated rings. The Balaban J connectivity index is 1.54. The second-order valence-electron chi connectivity index (χ2n) is 6.30. The van der Waals surface area contributed by atoms with Crippen molar-refractivity contribution in [1.82, 2.24) is 9.88 Å². The van der Waals surface area contributed by atoms with E-state index in [1.54, 1.807) is 0 Å². The number of H-pyrrole nitrogens is 1. The predicted molar refractivity (Wildman–Crippen MR) is 98.9 cm³/mol. The van der Waals surface area contributed by atoms with Gasteiger partial charge in [-0.15, -0.1) is 0 Å². The van der Waals surface area contributed by atoms with Crippen molar-refractivity contribution in [3.63, 3.8) is 0 Å². The Morgan fingerprint density at radius 2 is 1.83 bits per heavy atom. The van der Waals surface area contributed by atoms with E-state index in [4.69, 9.17) is 0 Å². The molecule has 2 N–H and O–H groups in total. The molecule has 1 atom stereocenters. The number of aromatic nitrogens is 1. The highest BCUT2D eigenvalue weighted by molar-refractivity contribution is 5.83. The average molecular weight is 318 g/mol. The number of aliphatic hydroxyl groups excluding tert-OH is 1. The van der Waals surface area contributed by atoms with Crippen molar-refractivity contribution >= 4 is 17.0 Å². The van der Waals surface area contributed by atoms with Crippen molar-refractivity contribution in [1.29, 1.82) is 0 Å². The van der Waals surface area contributed by atoms with Gasteiger partial charge in [-0.25, -0.2) is 0 Å². The lowest BCUT2D eigenvalue weighted by molar-refractivity contribution is 0.174. The van der Waals surface area contributed by atoms with Gasteiger partial charge in [0.25, 0.3) is 0 Å². The Kier molecular flexibility index (Phi) is 4.20. The van der Waals surface area contributed by atoms with Crippen LogP contribution in [0.3, 0.4) is 0 Å². The second kappa shape index (κ2) is 6.63. The zero-order valence-corrected chi connectivity index (χ0v) is 13.7. The molecule has 3 heteroatoms. The minimum Gasteiger partial charge on any atom is -0.395 e. The number of nitrogens with zero attached hydrogens (tertiary/aromatic N) is 1. The van der Waals surface area contributed by atoms with Gasteiger partial charge >= 0.3 is 0 Å². The number of aliphatic hydroxyl groups is 1. The van der Waals surface area contributed by atoms with Gasteiger partial charge in [-0.05, 0) is 29.2 Å². The van der Waals surface area contributed by atoms with E-state index in [9.17, 15) is 5.11 Å². The molecule has 24 heavy (non-hydrogen) atoms. The molecule has 1 aromatic heterocycles. The lowest BCUT2D eigenvalue weighted by atomic mass is 10.0. The molecule has 0 radical (unpaired) electrons. The largest absolute Gasteiger partial charge is 0.395 e. The Morgan fingerprint density at radius 1 is 1.00 bits per heavy atom. The Hall–Kier alpha value is -2.36. The van der Waals surface area contributed by atoms with Crippen LogP contribution >= 0.6 is 0 Å². The third kappa shape index (κ3) is 2.77. The molecule has 3 nitrogen and oxygen atoms in total. The van der Waals surface area contributed by atoms with E-state index in [1.807, 2.05) is 0 Å². The average Bonchev–Trinajstić information content (AvgIpc) is 3.23. The van der Waals surface area contributed by atoms with Crippen LogP contribution in [0, 0.1) is 0 Å². The van der Waals surface area contributed by atoms with Gasteiger partial charge in [0.1, 0.15) is 0 Å². The Morgan fingerprint density at radius 3 is 2.75 bits per heavy atom. The van der Waals surface area contributed by atoms with Crippen LogP contribution in [0.25, 0.3) is 17.0 Å². The van der Waals surface area contributed by atoms with Crippen LogP contribution in [0.4, 0.5) is 0 Å². The fraction of sp³-hybridized carbons (Fsp3) is 0.238. The minimum absolute atomic E-state index is 0.181. The molecular formula is C21H22N2O. The van der Waals surface area contributed by atoms with E-state index in [1.165, 1.54) is 27.6 Å². The smallest absolute Gasteiger partial charge is 0.0558 e. The lowest BCUT2D eigenvalue weighted by Crippen LogP contribution is -2.32. The number of hydrogen-bond acceptors (Lipinski definition) is 2. The van der Waals surface area contributed by atoms with Gasteiger partial charge in [-0.3, -0.25) is 4.90 Å². The first-order valence-corrected chi connectivity index (χ1v) is 8.54. The van der Waals surface area contributed by atoms with Crippen LogP contribution < -0.4 is 0 Å². The molecule has 1 heterocycles. The number of hydrogen-bond donors (Lipinski definition) is 2. The predicted octanol–water partition coefficient (Wildman–Crippen LogP) is 3.77. The normalized spacial score (nSPS) is 16.2. The molecule has 0 amide bonds. The maximum atomic E-state index is 9.50. The van der Waals surface area contributed by atoms with Crippen molar-refractivity contribution in [2.75, 3.05) is 19.7 Å². The van der Waals surface area contributed by atoms with Gasteiger partial charge in [0.05, 0.1) is 12.6 Å². The zero-order chi connectivity index (χ0) is 16.4.